The van der Waals surface area contributed by atoms with Crippen molar-refractivity contribution in [3.8, 4) is 0 Å². The predicted molar refractivity (Wildman–Crippen MR) is 51.5 cm³/mol. The van der Waals surface area contributed by atoms with E-state index in [0.717, 1.165) is 6.07 Å². The molecule has 0 amide bonds. The molecule has 0 heterocycles. The molecule has 0 N–H and O–H groups in total. The average Bonchev–Trinajstić information content (AvgIpc) is 2.18. The van der Waals surface area contributed by atoms with Gasteiger partial charge in [-0.1, -0.05) is 11.6 Å². The summed E-state index contributed by atoms with van der Waals surface area (Å²) < 4.78 is 50.5. The van der Waals surface area contributed by atoms with E-state index < -0.39 is 39.8 Å². The lowest BCUT2D eigenvalue weighted by molar-refractivity contribution is -0.138. The maximum Gasteiger partial charge on any atom is 0.418 e. The van der Waals surface area contributed by atoms with E-state index in [0.29, 0.717) is 6.07 Å². The Labute approximate surface area is 98.0 Å². The smallest absolute Gasteiger partial charge is 0.293 e. The van der Waals surface area contributed by atoms with E-state index in [1.54, 1.807) is 0 Å². The van der Waals surface area contributed by atoms with Crippen LogP contribution in [0.2, 0.25) is 5.02 Å². The van der Waals surface area contributed by atoms with Gasteiger partial charge < -0.3 is 0 Å². The van der Waals surface area contributed by atoms with Gasteiger partial charge in [0, 0.05) is 5.56 Å². The third-order valence-corrected chi connectivity index (χ3v) is 2.41. The minimum absolute atomic E-state index is 0.634. The lowest BCUT2D eigenvalue weighted by atomic mass is 10.0. The van der Waals surface area contributed by atoms with E-state index in [-0.39, 0.29) is 0 Å². The third kappa shape index (κ3) is 2.47. The summed E-state index contributed by atoms with van der Waals surface area (Å²) >= 11 is 10.3. The molecule has 0 aliphatic heterocycles. The van der Waals surface area contributed by atoms with Crippen molar-refractivity contribution in [2.75, 3.05) is 5.88 Å². The molecule has 7 heteroatoms. The number of hydrogen-bond acceptors (Lipinski definition) is 1. The highest BCUT2D eigenvalue weighted by Crippen LogP contribution is 2.38. The second-order valence-corrected chi connectivity index (χ2v) is 3.48. The molecule has 16 heavy (non-hydrogen) atoms. The molecule has 0 unspecified atom stereocenters. The van der Waals surface area contributed by atoms with Crippen molar-refractivity contribution in [2.45, 2.75) is 6.18 Å². The second-order valence-electron chi connectivity index (χ2n) is 2.84. The van der Waals surface area contributed by atoms with E-state index in [4.69, 9.17) is 23.2 Å². The zero-order chi connectivity index (χ0) is 12.5. The number of carbonyl (C=O) groups is 1. The number of benzene rings is 1. The van der Waals surface area contributed by atoms with Crippen LogP contribution in [-0.2, 0) is 6.18 Å². The third-order valence-electron chi connectivity index (χ3n) is 1.80. The second kappa shape index (κ2) is 4.59. The summed E-state index contributed by atoms with van der Waals surface area (Å²) in [5, 5.41) is -1.12. The maximum atomic E-state index is 12.9. The molecule has 0 bridgehead atoms. The number of hydrogen-bond donors (Lipinski definition) is 0. The lowest BCUT2D eigenvalue weighted by Crippen LogP contribution is -2.15. The van der Waals surface area contributed by atoms with Crippen molar-refractivity contribution < 1.29 is 22.4 Å². The van der Waals surface area contributed by atoms with E-state index in [1.165, 1.54) is 0 Å². The first-order chi connectivity index (χ1) is 7.29. The summed E-state index contributed by atoms with van der Waals surface area (Å²) in [6, 6.07) is 1.41. The van der Waals surface area contributed by atoms with Crippen LogP contribution in [0, 0.1) is 5.82 Å². The Bertz CT molecular complexity index is 428. The van der Waals surface area contributed by atoms with Crippen molar-refractivity contribution in [3.05, 3.63) is 34.1 Å². The van der Waals surface area contributed by atoms with Crippen LogP contribution in [0.5, 0.6) is 0 Å². The fraction of sp³-hybridized carbons (Fsp3) is 0.222. The van der Waals surface area contributed by atoms with Crippen molar-refractivity contribution in [3.63, 3.8) is 0 Å². The van der Waals surface area contributed by atoms with Gasteiger partial charge in [-0.25, -0.2) is 4.39 Å². The molecule has 0 radical (unpaired) electrons. The van der Waals surface area contributed by atoms with Crippen LogP contribution in [0.3, 0.4) is 0 Å². The summed E-state index contributed by atoms with van der Waals surface area (Å²) in [4.78, 5) is 11.1. The number of alkyl halides is 4. The van der Waals surface area contributed by atoms with Crippen LogP contribution >= 0.6 is 23.2 Å². The van der Waals surface area contributed by atoms with Gasteiger partial charge in [-0.2, -0.15) is 13.2 Å². The molecule has 0 aliphatic rings. The fourth-order valence-electron chi connectivity index (χ4n) is 1.13. The molecular formula is C9H4Cl2F4O. The number of ketones is 1. The molecule has 1 aromatic rings. The van der Waals surface area contributed by atoms with Gasteiger partial charge in [0.25, 0.3) is 0 Å². The normalized spacial score (nSPS) is 11.6. The number of rotatable bonds is 2. The Hall–Kier alpha value is -0.810. The quantitative estimate of drug-likeness (QED) is 0.454. The standard InChI is InChI=1S/C9H4Cl2F4O/c10-3-6(16)4-1-2-5(12)8(11)7(4)9(13,14)15/h1-2H,3H2. The van der Waals surface area contributed by atoms with Crippen molar-refractivity contribution in [2.24, 2.45) is 0 Å². The Morgan fingerprint density at radius 3 is 2.31 bits per heavy atom. The van der Waals surface area contributed by atoms with Crippen molar-refractivity contribution in [1.82, 2.24) is 0 Å². The Morgan fingerprint density at radius 2 is 1.88 bits per heavy atom. The molecule has 0 aromatic heterocycles. The summed E-state index contributed by atoms with van der Waals surface area (Å²) in [5.74, 6) is -2.83. The van der Waals surface area contributed by atoms with Crippen LogP contribution < -0.4 is 0 Å². The van der Waals surface area contributed by atoms with E-state index in [9.17, 15) is 22.4 Å². The number of halogens is 6. The van der Waals surface area contributed by atoms with Gasteiger partial charge in [-0.3, -0.25) is 4.79 Å². The Balaban J connectivity index is 3.52. The highest BCUT2D eigenvalue weighted by atomic mass is 35.5. The van der Waals surface area contributed by atoms with E-state index in [1.807, 2.05) is 0 Å². The molecule has 0 atom stereocenters. The maximum absolute atomic E-state index is 12.9. The first-order valence-electron chi connectivity index (χ1n) is 3.93. The van der Waals surface area contributed by atoms with Crippen LogP contribution in [0.1, 0.15) is 15.9 Å². The SMILES string of the molecule is O=C(CCl)c1ccc(F)c(Cl)c1C(F)(F)F. The van der Waals surface area contributed by atoms with Gasteiger partial charge in [0.2, 0.25) is 0 Å². The number of carbonyl (C=O) groups excluding carboxylic acids is 1. The van der Waals surface area contributed by atoms with Gasteiger partial charge in [0.15, 0.2) is 5.78 Å². The monoisotopic (exact) mass is 274 g/mol. The van der Waals surface area contributed by atoms with Crippen LogP contribution in [0.15, 0.2) is 12.1 Å². The molecule has 0 fully saturated rings. The van der Waals surface area contributed by atoms with Crippen molar-refractivity contribution >= 4 is 29.0 Å². The minimum Gasteiger partial charge on any atom is -0.293 e. The zero-order valence-electron chi connectivity index (χ0n) is 7.54. The van der Waals surface area contributed by atoms with Crippen LogP contribution in [0.25, 0.3) is 0 Å². The highest BCUT2D eigenvalue weighted by molar-refractivity contribution is 6.33. The van der Waals surface area contributed by atoms with Crippen LogP contribution in [-0.4, -0.2) is 11.7 Å². The van der Waals surface area contributed by atoms with Crippen LogP contribution in [0.4, 0.5) is 17.6 Å². The molecule has 0 spiro atoms. The molecule has 88 valence electrons. The van der Waals surface area contributed by atoms with Gasteiger partial charge in [0.1, 0.15) is 5.82 Å². The van der Waals surface area contributed by atoms with E-state index in [2.05, 4.69) is 0 Å². The summed E-state index contributed by atoms with van der Waals surface area (Å²) in [7, 11) is 0. The molecule has 1 aromatic carbocycles. The van der Waals surface area contributed by atoms with Crippen molar-refractivity contribution in [1.29, 1.82) is 0 Å². The molecule has 0 aliphatic carbocycles. The zero-order valence-corrected chi connectivity index (χ0v) is 9.05. The fourth-order valence-corrected chi connectivity index (χ4v) is 1.55. The lowest BCUT2D eigenvalue weighted by Gasteiger charge is -2.13. The molecule has 1 nitrogen and oxygen atoms in total. The highest BCUT2D eigenvalue weighted by Gasteiger charge is 2.38. The molecule has 0 saturated heterocycles. The average molecular weight is 275 g/mol. The van der Waals surface area contributed by atoms with Gasteiger partial charge in [-0.05, 0) is 12.1 Å². The summed E-state index contributed by atoms with van der Waals surface area (Å²) in [6.45, 7) is 0. The topological polar surface area (TPSA) is 17.1 Å². The van der Waals surface area contributed by atoms with Gasteiger partial charge in [-0.15, -0.1) is 11.6 Å². The predicted octanol–water partition coefficient (Wildman–Crippen LogP) is 3.92. The molecule has 0 saturated carbocycles. The van der Waals surface area contributed by atoms with Gasteiger partial charge in [0.05, 0.1) is 16.5 Å². The summed E-state index contributed by atoms with van der Waals surface area (Å²) in [5.41, 5.74) is -2.21. The minimum atomic E-state index is -4.91. The molecule has 1 rings (SSSR count). The first-order valence-corrected chi connectivity index (χ1v) is 4.84. The first kappa shape index (κ1) is 13.3. The Kier molecular flexibility index (Phi) is 3.80. The largest absolute Gasteiger partial charge is 0.418 e. The molecular weight excluding hydrogens is 271 g/mol. The number of Topliss-reactive ketones (excluding diaryl/α,β-unsaturated/α-hetero) is 1. The summed E-state index contributed by atoms with van der Waals surface area (Å²) in [6.07, 6.45) is -4.91. The Morgan fingerprint density at radius 1 is 1.31 bits per heavy atom. The van der Waals surface area contributed by atoms with E-state index >= 15 is 0 Å². The van der Waals surface area contributed by atoms with Gasteiger partial charge >= 0.3 is 6.18 Å².